The van der Waals surface area contributed by atoms with Crippen LogP contribution >= 0.6 is 11.3 Å². The summed E-state index contributed by atoms with van der Waals surface area (Å²) < 4.78 is 0. The van der Waals surface area contributed by atoms with Gasteiger partial charge in [0.1, 0.15) is 6.04 Å². The molecule has 1 aromatic heterocycles. The molecule has 1 fully saturated rings. The molecule has 36 heavy (non-hydrogen) atoms. The predicted octanol–water partition coefficient (Wildman–Crippen LogP) is 4.20. The molecule has 1 aliphatic heterocycles. The second-order valence-electron chi connectivity index (χ2n) is 10.9. The van der Waals surface area contributed by atoms with Gasteiger partial charge in [-0.2, -0.15) is 0 Å². The number of carbonyl (C=O) groups is 3. The summed E-state index contributed by atoms with van der Waals surface area (Å²) in [7, 11) is 1.77. The SMILES string of the molecule is C/C(=C\C(C(C)C)N(C)C(=O)[C@@H](NC(=O)[C@H]1CCCCN1C(C)C)C(C)C)C(=O)NCc1cccs1. The van der Waals surface area contributed by atoms with Crippen LogP contribution in [0.3, 0.4) is 0 Å². The maximum atomic E-state index is 13.7. The van der Waals surface area contributed by atoms with Gasteiger partial charge in [0.25, 0.3) is 0 Å². The fourth-order valence-corrected chi connectivity index (χ4v) is 5.43. The summed E-state index contributed by atoms with van der Waals surface area (Å²) in [5, 5.41) is 8.02. The van der Waals surface area contributed by atoms with Gasteiger partial charge in [-0.25, -0.2) is 0 Å². The van der Waals surface area contributed by atoms with Crippen LogP contribution in [0.2, 0.25) is 0 Å². The van der Waals surface area contributed by atoms with E-state index in [0.29, 0.717) is 12.1 Å². The van der Waals surface area contributed by atoms with Crippen molar-refractivity contribution >= 4 is 29.1 Å². The summed E-state index contributed by atoms with van der Waals surface area (Å²) in [6.07, 6.45) is 4.80. The summed E-state index contributed by atoms with van der Waals surface area (Å²) in [5.74, 6) is -0.310. The van der Waals surface area contributed by atoms with Crippen molar-refractivity contribution in [3.8, 4) is 0 Å². The molecule has 202 valence electrons. The molecule has 3 amide bonds. The van der Waals surface area contributed by atoms with E-state index in [1.54, 1.807) is 30.2 Å². The van der Waals surface area contributed by atoms with E-state index in [-0.39, 0.29) is 47.7 Å². The molecule has 8 heteroatoms. The smallest absolute Gasteiger partial charge is 0.246 e. The molecule has 0 spiro atoms. The van der Waals surface area contributed by atoms with E-state index in [4.69, 9.17) is 0 Å². The Labute approximate surface area is 221 Å². The highest BCUT2D eigenvalue weighted by molar-refractivity contribution is 7.09. The third kappa shape index (κ3) is 8.17. The van der Waals surface area contributed by atoms with Gasteiger partial charge in [0.15, 0.2) is 0 Å². The van der Waals surface area contributed by atoms with Crippen LogP contribution in [0.4, 0.5) is 0 Å². The minimum atomic E-state index is -0.624. The second kappa shape index (κ2) is 13.9. The van der Waals surface area contributed by atoms with E-state index in [1.165, 1.54) is 0 Å². The van der Waals surface area contributed by atoms with Gasteiger partial charge in [-0.1, -0.05) is 46.3 Å². The minimum absolute atomic E-state index is 0.0630. The molecule has 0 radical (unpaired) electrons. The van der Waals surface area contributed by atoms with Crippen LogP contribution in [0, 0.1) is 11.8 Å². The van der Waals surface area contributed by atoms with Crippen LogP contribution < -0.4 is 10.6 Å². The molecular weight excluding hydrogens is 472 g/mol. The van der Waals surface area contributed by atoms with Crippen molar-refractivity contribution in [2.45, 2.75) is 98.4 Å². The third-order valence-corrected chi connectivity index (χ3v) is 7.88. The normalized spacial score (nSPS) is 18.9. The van der Waals surface area contributed by atoms with Gasteiger partial charge in [0.2, 0.25) is 17.7 Å². The lowest BCUT2D eigenvalue weighted by Gasteiger charge is -2.39. The van der Waals surface area contributed by atoms with Crippen molar-refractivity contribution in [3.05, 3.63) is 34.0 Å². The number of thiophene rings is 1. The Hall–Kier alpha value is -2.19. The Kier molecular flexibility index (Phi) is 11.6. The standard InChI is InChI=1S/C28H46N4O3S/c1-18(2)24(16-21(7)26(33)29-17-22-12-11-15-36-22)31(8)28(35)25(19(3)4)30-27(34)23-13-9-10-14-32(23)20(5)6/h11-12,15-16,18-20,23-25H,9-10,13-14,17H2,1-8H3,(H,29,33)(H,30,34)/b21-16+/t23-,24?,25+/m1/s1. The number of piperidine rings is 1. The third-order valence-electron chi connectivity index (χ3n) is 7.00. The number of nitrogens with zero attached hydrogens (tertiary/aromatic N) is 2. The number of likely N-dealkylation sites (tertiary alicyclic amines) is 1. The summed E-state index contributed by atoms with van der Waals surface area (Å²) in [4.78, 5) is 44.7. The van der Waals surface area contributed by atoms with Gasteiger partial charge < -0.3 is 15.5 Å². The molecule has 2 rings (SSSR count). The number of amides is 3. The minimum Gasteiger partial charge on any atom is -0.347 e. The predicted molar refractivity (Wildman–Crippen MR) is 148 cm³/mol. The Morgan fingerprint density at radius 3 is 2.39 bits per heavy atom. The first-order valence-electron chi connectivity index (χ1n) is 13.3. The van der Waals surface area contributed by atoms with Crippen LogP contribution in [-0.4, -0.2) is 65.3 Å². The highest BCUT2D eigenvalue weighted by atomic mass is 32.1. The maximum absolute atomic E-state index is 13.7. The van der Waals surface area contributed by atoms with Crippen molar-refractivity contribution in [1.29, 1.82) is 0 Å². The Morgan fingerprint density at radius 1 is 1.14 bits per heavy atom. The lowest BCUT2D eigenvalue weighted by molar-refractivity contribution is -0.140. The molecule has 0 saturated carbocycles. The molecule has 1 aliphatic rings. The molecular formula is C28H46N4O3S. The van der Waals surface area contributed by atoms with E-state index in [2.05, 4.69) is 29.4 Å². The quantitative estimate of drug-likeness (QED) is 0.430. The Balaban J connectivity index is 2.13. The monoisotopic (exact) mass is 518 g/mol. The van der Waals surface area contributed by atoms with Crippen molar-refractivity contribution in [3.63, 3.8) is 0 Å². The van der Waals surface area contributed by atoms with Gasteiger partial charge in [0.05, 0.1) is 18.6 Å². The first-order valence-corrected chi connectivity index (χ1v) is 14.1. The maximum Gasteiger partial charge on any atom is 0.246 e. The van der Waals surface area contributed by atoms with Crippen LogP contribution in [0.5, 0.6) is 0 Å². The van der Waals surface area contributed by atoms with E-state index >= 15 is 0 Å². The molecule has 2 heterocycles. The number of nitrogens with one attached hydrogen (secondary N) is 2. The lowest BCUT2D eigenvalue weighted by Crippen LogP contribution is -2.58. The first kappa shape index (κ1) is 30.0. The van der Waals surface area contributed by atoms with Gasteiger partial charge in [0, 0.05) is 23.5 Å². The molecule has 3 atom stereocenters. The van der Waals surface area contributed by atoms with Crippen LogP contribution in [0.25, 0.3) is 0 Å². The van der Waals surface area contributed by atoms with Crippen molar-refractivity contribution < 1.29 is 14.4 Å². The van der Waals surface area contributed by atoms with E-state index in [0.717, 1.165) is 30.7 Å². The highest BCUT2D eigenvalue weighted by Crippen LogP contribution is 2.21. The van der Waals surface area contributed by atoms with Crippen molar-refractivity contribution in [1.82, 2.24) is 20.4 Å². The zero-order chi connectivity index (χ0) is 27.0. The highest BCUT2D eigenvalue weighted by Gasteiger charge is 2.36. The Morgan fingerprint density at radius 2 is 1.83 bits per heavy atom. The second-order valence-corrected chi connectivity index (χ2v) is 11.9. The van der Waals surface area contributed by atoms with Gasteiger partial charge in [-0.15, -0.1) is 11.3 Å². The van der Waals surface area contributed by atoms with E-state index in [1.807, 2.05) is 51.3 Å². The topological polar surface area (TPSA) is 81.8 Å². The molecule has 2 N–H and O–H groups in total. The molecule has 0 aliphatic carbocycles. The molecule has 1 aromatic rings. The number of hydrogen-bond acceptors (Lipinski definition) is 5. The number of likely N-dealkylation sites (N-methyl/N-ethyl adjacent to an activating group) is 1. The van der Waals surface area contributed by atoms with Gasteiger partial charge in [-0.05, 0) is 63.4 Å². The van der Waals surface area contributed by atoms with Crippen LogP contribution in [0.1, 0.15) is 72.6 Å². The molecule has 0 bridgehead atoms. The van der Waals surface area contributed by atoms with Crippen molar-refractivity contribution in [2.24, 2.45) is 11.8 Å². The molecule has 7 nitrogen and oxygen atoms in total. The molecule has 1 unspecified atom stereocenters. The number of carbonyl (C=O) groups excluding carboxylic acids is 3. The van der Waals surface area contributed by atoms with Crippen LogP contribution in [-0.2, 0) is 20.9 Å². The largest absolute Gasteiger partial charge is 0.347 e. The summed E-state index contributed by atoms with van der Waals surface area (Å²) in [5.41, 5.74) is 0.574. The summed E-state index contributed by atoms with van der Waals surface area (Å²) >= 11 is 1.60. The lowest BCUT2D eigenvalue weighted by atomic mass is 9.95. The Bertz CT molecular complexity index is 895. The van der Waals surface area contributed by atoms with E-state index < -0.39 is 6.04 Å². The summed E-state index contributed by atoms with van der Waals surface area (Å²) in [6.45, 7) is 15.4. The van der Waals surface area contributed by atoms with Crippen LogP contribution in [0.15, 0.2) is 29.2 Å². The van der Waals surface area contributed by atoms with Gasteiger partial charge >= 0.3 is 0 Å². The zero-order valence-electron chi connectivity index (χ0n) is 23.3. The average Bonchev–Trinajstić information content (AvgIpc) is 3.36. The zero-order valence-corrected chi connectivity index (χ0v) is 24.2. The summed E-state index contributed by atoms with van der Waals surface area (Å²) in [6, 6.07) is 3.13. The fraction of sp³-hybridized carbons (Fsp3) is 0.679. The van der Waals surface area contributed by atoms with Gasteiger partial charge in [-0.3, -0.25) is 19.3 Å². The molecule has 0 aromatic carbocycles. The average molecular weight is 519 g/mol. The fourth-order valence-electron chi connectivity index (χ4n) is 4.79. The van der Waals surface area contributed by atoms with Crippen molar-refractivity contribution in [2.75, 3.05) is 13.6 Å². The molecule has 1 saturated heterocycles. The van der Waals surface area contributed by atoms with E-state index in [9.17, 15) is 14.4 Å². The first-order chi connectivity index (χ1) is 16.9. The number of rotatable bonds is 11. The number of hydrogen-bond donors (Lipinski definition) is 2.